The summed E-state index contributed by atoms with van der Waals surface area (Å²) in [4.78, 5) is 4.87. The predicted octanol–water partition coefficient (Wildman–Crippen LogP) is 3.95. The minimum Gasteiger partial charge on any atom is -0.383 e. The van der Waals surface area contributed by atoms with E-state index in [1.54, 1.807) is 11.6 Å². The summed E-state index contributed by atoms with van der Waals surface area (Å²) in [5, 5.41) is 10.9. The molecule has 0 aliphatic heterocycles. The van der Waals surface area contributed by atoms with Crippen LogP contribution >= 0.6 is 38.9 Å². The van der Waals surface area contributed by atoms with Gasteiger partial charge in [0.1, 0.15) is 10.7 Å². The minimum absolute atomic E-state index is 0.654. The second-order valence-corrected chi connectivity index (χ2v) is 5.48. The van der Waals surface area contributed by atoms with Gasteiger partial charge in [0.25, 0.3) is 0 Å². The maximum absolute atomic E-state index is 10.2. The molecule has 2 aromatic rings. The fraction of sp³-hybridized carbons (Fsp3) is 0.182. The average Bonchev–Trinajstić information content (AvgIpc) is 2.63. The zero-order valence-corrected chi connectivity index (χ0v) is 11.6. The Hall–Kier alpha value is -0.420. The third kappa shape index (κ3) is 2.30. The van der Waals surface area contributed by atoms with Gasteiger partial charge in [0.15, 0.2) is 0 Å². The number of thiazole rings is 1. The van der Waals surface area contributed by atoms with E-state index in [0.29, 0.717) is 9.63 Å². The lowest BCUT2D eigenvalue weighted by Crippen LogP contribution is -2.00. The Bertz CT molecular complexity index is 514. The average molecular weight is 319 g/mol. The summed E-state index contributed by atoms with van der Waals surface area (Å²) in [6.07, 6.45) is -0.654. The van der Waals surface area contributed by atoms with Crippen LogP contribution in [0.2, 0.25) is 5.02 Å². The largest absolute Gasteiger partial charge is 0.383 e. The van der Waals surface area contributed by atoms with Gasteiger partial charge < -0.3 is 5.11 Å². The molecule has 0 aliphatic rings. The quantitative estimate of drug-likeness (QED) is 0.909. The summed E-state index contributed by atoms with van der Waals surface area (Å²) in [5.74, 6) is 0. The van der Waals surface area contributed by atoms with Crippen LogP contribution in [-0.2, 0) is 0 Å². The molecular weight excluding hydrogens is 310 g/mol. The molecule has 1 N–H and O–H groups in total. The van der Waals surface area contributed by atoms with Gasteiger partial charge in [-0.2, -0.15) is 0 Å². The van der Waals surface area contributed by atoms with Crippen molar-refractivity contribution in [1.29, 1.82) is 0 Å². The highest BCUT2D eigenvalue weighted by Gasteiger charge is 2.17. The van der Waals surface area contributed by atoms with E-state index in [9.17, 15) is 5.11 Å². The second-order valence-electron chi connectivity index (χ2n) is 3.41. The van der Waals surface area contributed by atoms with Crippen molar-refractivity contribution < 1.29 is 5.11 Å². The molecule has 2 rings (SSSR count). The van der Waals surface area contributed by atoms with Crippen molar-refractivity contribution >= 4 is 38.9 Å². The Morgan fingerprint density at radius 3 is 2.81 bits per heavy atom. The molecule has 2 nitrogen and oxygen atoms in total. The van der Waals surface area contributed by atoms with Crippen LogP contribution in [0.1, 0.15) is 22.1 Å². The second kappa shape index (κ2) is 4.84. The van der Waals surface area contributed by atoms with Crippen molar-refractivity contribution in [2.45, 2.75) is 13.0 Å². The molecule has 1 aromatic carbocycles. The summed E-state index contributed by atoms with van der Waals surface area (Å²) in [6, 6.07) is 5.46. The van der Waals surface area contributed by atoms with E-state index in [4.69, 9.17) is 11.6 Å². The van der Waals surface area contributed by atoms with Gasteiger partial charge in [-0.05, 0) is 46.1 Å². The number of hydrogen-bond donors (Lipinski definition) is 1. The van der Waals surface area contributed by atoms with Gasteiger partial charge in [-0.3, -0.25) is 0 Å². The van der Waals surface area contributed by atoms with E-state index in [-0.39, 0.29) is 0 Å². The Balaban J connectivity index is 2.41. The summed E-state index contributed by atoms with van der Waals surface area (Å²) in [7, 11) is 0. The molecule has 0 radical (unpaired) electrons. The Morgan fingerprint density at radius 1 is 1.50 bits per heavy atom. The van der Waals surface area contributed by atoms with Crippen LogP contribution in [-0.4, -0.2) is 10.1 Å². The summed E-state index contributed by atoms with van der Waals surface area (Å²) < 4.78 is 0.694. The molecular formula is C11H9BrClNOS. The van der Waals surface area contributed by atoms with Gasteiger partial charge in [-0.15, -0.1) is 11.3 Å². The van der Waals surface area contributed by atoms with Gasteiger partial charge in [0.05, 0.1) is 10.4 Å². The Kier molecular flexibility index (Phi) is 3.64. The van der Waals surface area contributed by atoms with Gasteiger partial charge in [0.2, 0.25) is 0 Å². The lowest BCUT2D eigenvalue weighted by atomic mass is 10.0. The SMILES string of the molecule is Cc1cc(Cl)ccc1C(O)c1scnc1Br. The molecule has 1 aromatic heterocycles. The minimum atomic E-state index is -0.654. The standard InChI is InChI=1S/C11H9BrClNOS/c1-6-4-7(13)2-3-8(6)9(15)10-11(12)14-5-16-10/h2-5,9,15H,1H3. The first-order chi connectivity index (χ1) is 7.59. The monoisotopic (exact) mass is 317 g/mol. The third-order valence-electron chi connectivity index (χ3n) is 2.32. The number of halogens is 2. The van der Waals surface area contributed by atoms with Crippen LogP contribution in [0.3, 0.4) is 0 Å². The molecule has 1 unspecified atom stereocenters. The highest BCUT2D eigenvalue weighted by Crippen LogP contribution is 2.33. The van der Waals surface area contributed by atoms with Crippen molar-refractivity contribution in [2.24, 2.45) is 0 Å². The number of benzene rings is 1. The Labute approximate surface area is 111 Å². The van der Waals surface area contributed by atoms with E-state index < -0.39 is 6.10 Å². The Morgan fingerprint density at radius 2 is 2.25 bits per heavy atom. The predicted molar refractivity (Wildman–Crippen MR) is 70.1 cm³/mol. The molecule has 0 saturated carbocycles. The number of aryl methyl sites for hydroxylation is 1. The van der Waals surface area contributed by atoms with Crippen molar-refractivity contribution in [2.75, 3.05) is 0 Å². The van der Waals surface area contributed by atoms with Crippen molar-refractivity contribution in [3.05, 3.63) is 49.3 Å². The summed E-state index contributed by atoms with van der Waals surface area (Å²) in [6.45, 7) is 1.93. The first-order valence-electron chi connectivity index (χ1n) is 4.62. The highest BCUT2D eigenvalue weighted by atomic mass is 79.9. The molecule has 1 atom stereocenters. The van der Waals surface area contributed by atoms with Gasteiger partial charge in [-0.25, -0.2) is 4.98 Å². The maximum Gasteiger partial charge on any atom is 0.123 e. The van der Waals surface area contributed by atoms with Gasteiger partial charge >= 0.3 is 0 Å². The number of aliphatic hydroxyl groups excluding tert-OH is 1. The number of rotatable bonds is 2. The van der Waals surface area contributed by atoms with E-state index >= 15 is 0 Å². The zero-order chi connectivity index (χ0) is 11.7. The fourth-order valence-corrected chi connectivity index (χ4v) is 3.15. The van der Waals surface area contributed by atoms with Crippen molar-refractivity contribution in [3.63, 3.8) is 0 Å². The van der Waals surface area contributed by atoms with E-state index in [2.05, 4.69) is 20.9 Å². The molecule has 0 fully saturated rings. The first-order valence-corrected chi connectivity index (χ1v) is 6.67. The van der Waals surface area contributed by atoms with Crippen LogP contribution in [0.4, 0.5) is 0 Å². The fourth-order valence-electron chi connectivity index (χ4n) is 1.51. The lowest BCUT2D eigenvalue weighted by molar-refractivity contribution is 0.222. The van der Waals surface area contributed by atoms with E-state index in [1.165, 1.54) is 11.3 Å². The molecule has 1 heterocycles. The van der Waals surface area contributed by atoms with Crippen molar-refractivity contribution in [1.82, 2.24) is 4.98 Å². The van der Waals surface area contributed by atoms with E-state index in [1.807, 2.05) is 19.1 Å². The molecule has 16 heavy (non-hydrogen) atoms. The topological polar surface area (TPSA) is 33.1 Å². The summed E-state index contributed by atoms with van der Waals surface area (Å²) >= 11 is 10.6. The van der Waals surface area contributed by atoms with Crippen LogP contribution in [0.15, 0.2) is 28.3 Å². The molecule has 0 spiro atoms. The molecule has 0 bridgehead atoms. The highest BCUT2D eigenvalue weighted by molar-refractivity contribution is 9.10. The van der Waals surface area contributed by atoms with E-state index in [0.717, 1.165) is 16.0 Å². The molecule has 0 aliphatic carbocycles. The normalized spacial score (nSPS) is 12.8. The number of hydrogen-bond acceptors (Lipinski definition) is 3. The number of nitrogens with zero attached hydrogens (tertiary/aromatic N) is 1. The van der Waals surface area contributed by atoms with Crippen molar-refractivity contribution in [3.8, 4) is 0 Å². The molecule has 0 saturated heterocycles. The van der Waals surface area contributed by atoms with Crippen LogP contribution in [0, 0.1) is 6.92 Å². The van der Waals surface area contributed by atoms with Crippen LogP contribution in [0.25, 0.3) is 0 Å². The first kappa shape index (κ1) is 12.0. The number of aromatic nitrogens is 1. The van der Waals surface area contributed by atoms with Crippen LogP contribution in [0.5, 0.6) is 0 Å². The smallest absolute Gasteiger partial charge is 0.123 e. The van der Waals surface area contributed by atoms with Gasteiger partial charge in [0, 0.05) is 5.02 Å². The molecule has 84 valence electrons. The lowest BCUT2D eigenvalue weighted by Gasteiger charge is -2.12. The third-order valence-corrected chi connectivity index (χ3v) is 4.33. The van der Waals surface area contributed by atoms with Gasteiger partial charge in [-0.1, -0.05) is 17.7 Å². The summed E-state index contributed by atoms with van der Waals surface area (Å²) in [5.41, 5.74) is 3.53. The number of aliphatic hydroxyl groups is 1. The maximum atomic E-state index is 10.2. The molecule has 5 heteroatoms. The molecule has 0 amide bonds. The van der Waals surface area contributed by atoms with Crippen LogP contribution < -0.4 is 0 Å². The zero-order valence-electron chi connectivity index (χ0n) is 8.45.